The molecule has 0 saturated heterocycles. The zero-order valence-corrected chi connectivity index (χ0v) is 8.98. The van der Waals surface area contributed by atoms with Crippen molar-refractivity contribution in [1.29, 1.82) is 0 Å². The van der Waals surface area contributed by atoms with Crippen LogP contribution in [-0.4, -0.2) is 4.98 Å². The molecule has 0 unspecified atom stereocenters. The molecule has 2 aromatic rings. The van der Waals surface area contributed by atoms with E-state index in [1.807, 2.05) is 6.20 Å². The Bertz CT molecular complexity index is 445. The number of halogens is 1. The number of hydrogen-bond donors (Lipinski definition) is 2. The molecule has 13 heavy (non-hydrogen) atoms. The number of aromatic amines is 1. The van der Waals surface area contributed by atoms with Crippen molar-refractivity contribution in [3.8, 4) is 0 Å². The molecule has 3 N–H and O–H groups in total. The molecule has 1 aromatic heterocycles. The summed E-state index contributed by atoms with van der Waals surface area (Å²) in [5, 5.41) is 1.22. The van der Waals surface area contributed by atoms with Gasteiger partial charge in [0.2, 0.25) is 0 Å². The summed E-state index contributed by atoms with van der Waals surface area (Å²) in [6.07, 6.45) is 1.97. The summed E-state index contributed by atoms with van der Waals surface area (Å²) < 4.78 is 1.10. The lowest BCUT2D eigenvalue weighted by Gasteiger charge is -1.99. The highest BCUT2D eigenvalue weighted by Crippen LogP contribution is 2.27. The number of H-pyrrole nitrogens is 1. The molecule has 0 aliphatic heterocycles. The van der Waals surface area contributed by atoms with Crippen molar-refractivity contribution >= 4 is 26.8 Å². The maximum atomic E-state index is 5.63. The van der Waals surface area contributed by atoms with Gasteiger partial charge >= 0.3 is 0 Å². The van der Waals surface area contributed by atoms with Crippen molar-refractivity contribution in [3.63, 3.8) is 0 Å². The number of rotatable bonds is 1. The van der Waals surface area contributed by atoms with Gasteiger partial charge in [-0.2, -0.15) is 0 Å². The summed E-state index contributed by atoms with van der Waals surface area (Å²) in [7, 11) is 0. The minimum Gasteiger partial charge on any atom is -0.360 e. The number of fused-ring (bicyclic) bond motifs is 1. The van der Waals surface area contributed by atoms with E-state index >= 15 is 0 Å². The minimum atomic E-state index is 0.579. The van der Waals surface area contributed by atoms with E-state index in [-0.39, 0.29) is 0 Å². The molecule has 0 bridgehead atoms. The number of aromatic nitrogens is 1. The summed E-state index contributed by atoms with van der Waals surface area (Å²) in [6.45, 7) is 2.66. The molecule has 0 aliphatic carbocycles. The molecule has 0 saturated carbocycles. The lowest BCUT2D eigenvalue weighted by atomic mass is 10.1. The average Bonchev–Trinajstić information content (AvgIpc) is 2.47. The summed E-state index contributed by atoms with van der Waals surface area (Å²) in [6, 6.07) is 4.25. The zero-order valence-electron chi connectivity index (χ0n) is 7.39. The summed E-state index contributed by atoms with van der Waals surface area (Å²) in [4.78, 5) is 3.21. The Hall–Kier alpha value is -0.800. The summed E-state index contributed by atoms with van der Waals surface area (Å²) >= 11 is 3.52. The largest absolute Gasteiger partial charge is 0.360 e. The Kier molecular flexibility index (Phi) is 2.14. The molecule has 0 fully saturated rings. The van der Waals surface area contributed by atoms with Crippen LogP contribution in [0.3, 0.4) is 0 Å². The molecule has 1 heterocycles. The Labute approximate surface area is 85.3 Å². The average molecular weight is 239 g/mol. The van der Waals surface area contributed by atoms with Crippen LogP contribution in [0.25, 0.3) is 10.9 Å². The van der Waals surface area contributed by atoms with E-state index < -0.39 is 0 Å². The summed E-state index contributed by atoms with van der Waals surface area (Å²) in [5.74, 6) is 0. The van der Waals surface area contributed by atoms with Gasteiger partial charge in [0.05, 0.1) is 5.52 Å². The Morgan fingerprint density at radius 1 is 1.46 bits per heavy atom. The number of aryl methyl sites for hydroxylation is 1. The lowest BCUT2D eigenvalue weighted by Crippen LogP contribution is -1.94. The quantitative estimate of drug-likeness (QED) is 0.789. The second kappa shape index (κ2) is 3.16. The van der Waals surface area contributed by atoms with Crippen LogP contribution in [0.15, 0.2) is 22.8 Å². The fourth-order valence-corrected chi connectivity index (χ4v) is 2.24. The fourth-order valence-electron chi connectivity index (χ4n) is 1.55. The highest BCUT2D eigenvalue weighted by atomic mass is 79.9. The van der Waals surface area contributed by atoms with Crippen LogP contribution in [0.5, 0.6) is 0 Å². The van der Waals surface area contributed by atoms with Gasteiger partial charge in [-0.15, -0.1) is 0 Å². The third kappa shape index (κ3) is 1.38. The minimum absolute atomic E-state index is 0.579. The van der Waals surface area contributed by atoms with Gasteiger partial charge < -0.3 is 10.7 Å². The van der Waals surface area contributed by atoms with Crippen LogP contribution in [0, 0.1) is 6.92 Å². The predicted octanol–water partition coefficient (Wildman–Crippen LogP) is 2.70. The molecule has 0 amide bonds. The van der Waals surface area contributed by atoms with Crippen molar-refractivity contribution in [3.05, 3.63) is 33.9 Å². The van der Waals surface area contributed by atoms with E-state index in [4.69, 9.17) is 5.73 Å². The first-order valence-electron chi connectivity index (χ1n) is 4.18. The first-order valence-corrected chi connectivity index (χ1v) is 4.98. The molecule has 68 valence electrons. The monoisotopic (exact) mass is 238 g/mol. The SMILES string of the molecule is Cc1cc(Br)c2[nH]cc(CN)c2c1. The van der Waals surface area contributed by atoms with Crippen molar-refractivity contribution in [2.75, 3.05) is 0 Å². The Balaban J connectivity index is 2.82. The van der Waals surface area contributed by atoms with Crippen molar-refractivity contribution < 1.29 is 0 Å². The Morgan fingerprint density at radius 2 is 2.23 bits per heavy atom. The van der Waals surface area contributed by atoms with Gasteiger partial charge in [-0.25, -0.2) is 0 Å². The number of nitrogens with one attached hydrogen (secondary N) is 1. The molecule has 0 atom stereocenters. The molecule has 1 aromatic carbocycles. The highest BCUT2D eigenvalue weighted by Gasteiger charge is 2.05. The topological polar surface area (TPSA) is 41.8 Å². The molecular formula is C10H11BrN2. The van der Waals surface area contributed by atoms with Crippen LogP contribution in [0.2, 0.25) is 0 Å². The molecule has 2 nitrogen and oxygen atoms in total. The standard InChI is InChI=1S/C10H11BrN2/c1-6-2-8-7(4-12)5-13-10(8)9(11)3-6/h2-3,5,13H,4,12H2,1H3. The van der Waals surface area contributed by atoms with Gasteiger partial charge in [-0.05, 0) is 46.1 Å². The second-order valence-electron chi connectivity index (χ2n) is 3.19. The van der Waals surface area contributed by atoms with Crippen molar-refractivity contribution in [1.82, 2.24) is 4.98 Å². The van der Waals surface area contributed by atoms with Crippen molar-refractivity contribution in [2.24, 2.45) is 5.73 Å². The smallest absolute Gasteiger partial charge is 0.0601 e. The summed E-state index contributed by atoms with van der Waals surface area (Å²) in [5.41, 5.74) is 9.17. The van der Waals surface area contributed by atoms with E-state index in [0.29, 0.717) is 6.54 Å². The molecular weight excluding hydrogens is 228 g/mol. The number of nitrogens with two attached hydrogens (primary N) is 1. The Morgan fingerprint density at radius 3 is 2.92 bits per heavy atom. The predicted molar refractivity (Wildman–Crippen MR) is 58.6 cm³/mol. The third-order valence-corrected chi connectivity index (χ3v) is 2.82. The van der Waals surface area contributed by atoms with Crippen LogP contribution < -0.4 is 5.73 Å². The fraction of sp³-hybridized carbons (Fsp3) is 0.200. The van der Waals surface area contributed by atoms with Gasteiger partial charge in [0, 0.05) is 22.6 Å². The normalized spacial score (nSPS) is 11.0. The second-order valence-corrected chi connectivity index (χ2v) is 4.04. The maximum Gasteiger partial charge on any atom is 0.0601 e. The van der Waals surface area contributed by atoms with Gasteiger partial charge in [0.25, 0.3) is 0 Å². The van der Waals surface area contributed by atoms with E-state index in [2.05, 4.69) is 40.0 Å². The third-order valence-electron chi connectivity index (χ3n) is 2.19. The lowest BCUT2D eigenvalue weighted by molar-refractivity contribution is 1.08. The van der Waals surface area contributed by atoms with Gasteiger partial charge in [-0.3, -0.25) is 0 Å². The van der Waals surface area contributed by atoms with E-state index in [9.17, 15) is 0 Å². The first-order chi connectivity index (χ1) is 6.22. The maximum absolute atomic E-state index is 5.63. The van der Waals surface area contributed by atoms with Gasteiger partial charge in [0.15, 0.2) is 0 Å². The molecule has 2 rings (SSSR count). The van der Waals surface area contributed by atoms with E-state index in [1.54, 1.807) is 0 Å². The van der Waals surface area contributed by atoms with Crippen LogP contribution in [-0.2, 0) is 6.54 Å². The van der Waals surface area contributed by atoms with Crippen LogP contribution in [0.4, 0.5) is 0 Å². The highest BCUT2D eigenvalue weighted by molar-refractivity contribution is 9.10. The van der Waals surface area contributed by atoms with E-state index in [1.165, 1.54) is 16.5 Å². The van der Waals surface area contributed by atoms with E-state index in [0.717, 1.165) is 9.99 Å². The number of hydrogen-bond acceptors (Lipinski definition) is 1. The molecule has 0 radical (unpaired) electrons. The molecule has 3 heteroatoms. The van der Waals surface area contributed by atoms with Crippen LogP contribution in [0.1, 0.15) is 11.1 Å². The number of benzene rings is 1. The molecule has 0 aliphatic rings. The van der Waals surface area contributed by atoms with Gasteiger partial charge in [0.1, 0.15) is 0 Å². The van der Waals surface area contributed by atoms with Gasteiger partial charge in [-0.1, -0.05) is 0 Å². The molecule has 0 spiro atoms. The van der Waals surface area contributed by atoms with Crippen molar-refractivity contribution in [2.45, 2.75) is 13.5 Å². The zero-order chi connectivity index (χ0) is 9.42. The van der Waals surface area contributed by atoms with Crippen LogP contribution >= 0.6 is 15.9 Å². The first kappa shape index (κ1) is 8.78.